The summed E-state index contributed by atoms with van der Waals surface area (Å²) in [4.78, 5) is 4.74. The predicted octanol–water partition coefficient (Wildman–Crippen LogP) is 2.84. The van der Waals surface area contributed by atoms with E-state index >= 15 is 0 Å². The van der Waals surface area contributed by atoms with Crippen LogP contribution in [0.5, 0.6) is 5.75 Å². The summed E-state index contributed by atoms with van der Waals surface area (Å²) in [6, 6.07) is 5.67. The van der Waals surface area contributed by atoms with Crippen molar-refractivity contribution < 1.29 is 5.11 Å². The summed E-state index contributed by atoms with van der Waals surface area (Å²) in [7, 11) is 4.08. The van der Waals surface area contributed by atoms with E-state index in [0.29, 0.717) is 5.41 Å². The lowest BCUT2D eigenvalue weighted by atomic mass is 9.72. The van der Waals surface area contributed by atoms with Gasteiger partial charge in [0.1, 0.15) is 5.75 Å². The Bertz CT molecular complexity index is 996. The van der Waals surface area contributed by atoms with Crippen LogP contribution < -0.4 is 4.90 Å². The van der Waals surface area contributed by atoms with Crippen LogP contribution in [-0.4, -0.2) is 63.2 Å². The molecule has 0 atom stereocenters. The standard InChI is InChI=1S/C20H24N6OS/c1-24-7-5-20(6-8-24)12-26(13-20)19-23-22-18(28-19)16-4-3-14(9-17(16)27)15-10-21-25(2)11-15/h3-4,9-11,27H,5-8,12-13H2,1-2H3. The molecule has 1 spiro atoms. The molecule has 0 radical (unpaired) electrons. The summed E-state index contributed by atoms with van der Waals surface area (Å²) in [5.74, 6) is 0.222. The second kappa shape index (κ2) is 6.56. The van der Waals surface area contributed by atoms with E-state index in [9.17, 15) is 5.11 Å². The number of hydrogen-bond donors (Lipinski definition) is 1. The molecule has 2 aromatic heterocycles. The van der Waals surface area contributed by atoms with Crippen molar-refractivity contribution in [3.63, 3.8) is 0 Å². The van der Waals surface area contributed by atoms with Gasteiger partial charge in [-0.15, -0.1) is 10.2 Å². The Labute approximate surface area is 168 Å². The molecule has 8 heteroatoms. The van der Waals surface area contributed by atoms with Gasteiger partial charge in [-0.1, -0.05) is 17.4 Å². The maximum atomic E-state index is 10.5. The molecule has 3 aromatic rings. The average Bonchev–Trinajstić information content (AvgIpc) is 3.30. The summed E-state index contributed by atoms with van der Waals surface area (Å²) in [6.07, 6.45) is 6.25. The molecule has 5 rings (SSSR count). The van der Waals surface area contributed by atoms with E-state index in [1.165, 1.54) is 25.9 Å². The fraction of sp³-hybridized carbons (Fsp3) is 0.450. The largest absolute Gasteiger partial charge is 0.507 e. The Morgan fingerprint density at radius 2 is 1.86 bits per heavy atom. The zero-order valence-corrected chi connectivity index (χ0v) is 17.0. The second-order valence-electron chi connectivity index (χ2n) is 8.18. The molecule has 0 amide bonds. The third-order valence-corrected chi connectivity index (χ3v) is 7.07. The van der Waals surface area contributed by atoms with E-state index in [-0.39, 0.29) is 5.75 Å². The molecule has 0 unspecified atom stereocenters. The lowest BCUT2D eigenvalue weighted by Gasteiger charge is -2.53. The summed E-state index contributed by atoms with van der Waals surface area (Å²) in [5.41, 5.74) is 3.11. The van der Waals surface area contributed by atoms with Crippen LogP contribution in [0.3, 0.4) is 0 Å². The average molecular weight is 397 g/mol. The molecule has 2 fully saturated rings. The normalized spacial score (nSPS) is 19.1. The third-order valence-electron chi connectivity index (χ3n) is 6.05. The molecule has 0 bridgehead atoms. The first-order valence-electron chi connectivity index (χ1n) is 9.61. The lowest BCUT2D eigenvalue weighted by Crippen LogP contribution is -2.60. The van der Waals surface area contributed by atoms with E-state index in [4.69, 9.17) is 0 Å². The first-order valence-corrected chi connectivity index (χ1v) is 10.4. The van der Waals surface area contributed by atoms with Crippen molar-refractivity contribution in [3.8, 4) is 27.4 Å². The van der Waals surface area contributed by atoms with Crippen LogP contribution in [0.1, 0.15) is 12.8 Å². The van der Waals surface area contributed by atoms with E-state index in [1.54, 1.807) is 28.3 Å². The van der Waals surface area contributed by atoms with Crippen molar-refractivity contribution in [3.05, 3.63) is 30.6 Å². The number of rotatable bonds is 3. The highest BCUT2D eigenvalue weighted by atomic mass is 32.1. The maximum absolute atomic E-state index is 10.5. The highest BCUT2D eigenvalue weighted by molar-refractivity contribution is 7.18. The van der Waals surface area contributed by atoms with Crippen molar-refractivity contribution >= 4 is 16.5 Å². The molecule has 2 saturated heterocycles. The fourth-order valence-electron chi connectivity index (χ4n) is 4.22. The zero-order chi connectivity index (χ0) is 19.3. The second-order valence-corrected chi connectivity index (χ2v) is 9.14. The number of hydrogen-bond acceptors (Lipinski definition) is 7. The number of piperidine rings is 1. The molecule has 7 nitrogen and oxygen atoms in total. The summed E-state index contributed by atoms with van der Waals surface area (Å²) in [5, 5.41) is 25.2. The monoisotopic (exact) mass is 396 g/mol. The van der Waals surface area contributed by atoms with Crippen LogP contribution in [0.25, 0.3) is 21.7 Å². The molecule has 146 valence electrons. The Hall–Kier alpha value is -2.45. The molecule has 1 N–H and O–H groups in total. The minimum atomic E-state index is 0.222. The summed E-state index contributed by atoms with van der Waals surface area (Å²) >= 11 is 1.55. The smallest absolute Gasteiger partial charge is 0.208 e. The van der Waals surface area contributed by atoms with Gasteiger partial charge in [0.25, 0.3) is 0 Å². The highest BCUT2D eigenvalue weighted by Crippen LogP contribution is 2.44. The number of aryl methyl sites for hydroxylation is 1. The number of aromatic nitrogens is 4. The van der Waals surface area contributed by atoms with Crippen LogP contribution in [0.4, 0.5) is 5.13 Å². The van der Waals surface area contributed by atoms with Gasteiger partial charge in [-0.2, -0.15) is 5.10 Å². The number of benzene rings is 1. The van der Waals surface area contributed by atoms with Gasteiger partial charge in [0.15, 0.2) is 5.01 Å². The quantitative estimate of drug-likeness (QED) is 0.734. The molecule has 0 saturated carbocycles. The first-order chi connectivity index (χ1) is 13.5. The zero-order valence-electron chi connectivity index (χ0n) is 16.2. The van der Waals surface area contributed by atoms with Gasteiger partial charge in [-0.05, 0) is 50.7 Å². The van der Waals surface area contributed by atoms with Crippen LogP contribution in [0.2, 0.25) is 0 Å². The first kappa shape index (κ1) is 17.6. The number of anilines is 1. The Kier molecular flexibility index (Phi) is 4.13. The van der Waals surface area contributed by atoms with Crippen molar-refractivity contribution in [1.82, 2.24) is 24.9 Å². The summed E-state index contributed by atoms with van der Waals surface area (Å²) < 4.78 is 1.75. The molecule has 1 aromatic carbocycles. The molecular weight excluding hydrogens is 372 g/mol. The Morgan fingerprint density at radius 1 is 1.07 bits per heavy atom. The molecule has 2 aliphatic heterocycles. The van der Waals surface area contributed by atoms with Crippen LogP contribution in [0, 0.1) is 5.41 Å². The molecule has 4 heterocycles. The molecular formula is C20H24N6OS. The molecule has 0 aliphatic carbocycles. The van der Waals surface area contributed by atoms with E-state index in [0.717, 1.165) is 39.9 Å². The number of likely N-dealkylation sites (tertiary alicyclic amines) is 1. The van der Waals surface area contributed by atoms with E-state index in [1.807, 2.05) is 25.4 Å². The Morgan fingerprint density at radius 3 is 2.54 bits per heavy atom. The minimum Gasteiger partial charge on any atom is -0.507 e. The van der Waals surface area contributed by atoms with Crippen LogP contribution in [0.15, 0.2) is 30.6 Å². The van der Waals surface area contributed by atoms with Crippen LogP contribution in [-0.2, 0) is 7.05 Å². The van der Waals surface area contributed by atoms with Gasteiger partial charge in [-0.25, -0.2) is 0 Å². The van der Waals surface area contributed by atoms with Gasteiger partial charge in [0.05, 0.1) is 11.8 Å². The van der Waals surface area contributed by atoms with Gasteiger partial charge >= 0.3 is 0 Å². The highest BCUT2D eigenvalue weighted by Gasteiger charge is 2.45. The van der Waals surface area contributed by atoms with E-state index in [2.05, 4.69) is 32.1 Å². The number of nitrogens with zero attached hydrogens (tertiary/aromatic N) is 6. The SMILES string of the molecule is CN1CCC2(CC1)CN(c1nnc(-c3ccc(-c4cnn(C)c4)cc3O)s1)C2. The molecule has 28 heavy (non-hydrogen) atoms. The maximum Gasteiger partial charge on any atom is 0.208 e. The van der Waals surface area contributed by atoms with Gasteiger partial charge in [0.2, 0.25) is 5.13 Å². The number of phenols is 1. The minimum absolute atomic E-state index is 0.222. The Balaban J connectivity index is 1.31. The third kappa shape index (κ3) is 3.06. The number of aromatic hydroxyl groups is 1. The van der Waals surface area contributed by atoms with Crippen LogP contribution >= 0.6 is 11.3 Å². The topological polar surface area (TPSA) is 70.3 Å². The van der Waals surface area contributed by atoms with Crippen molar-refractivity contribution in [2.75, 3.05) is 38.1 Å². The number of phenolic OH excluding ortho intramolecular Hbond substituents is 1. The summed E-state index contributed by atoms with van der Waals surface area (Å²) in [6.45, 7) is 4.52. The van der Waals surface area contributed by atoms with Gasteiger partial charge < -0.3 is 14.9 Å². The van der Waals surface area contributed by atoms with Gasteiger partial charge in [0, 0.05) is 37.3 Å². The predicted molar refractivity (Wildman–Crippen MR) is 111 cm³/mol. The van der Waals surface area contributed by atoms with Crippen molar-refractivity contribution in [2.45, 2.75) is 12.8 Å². The van der Waals surface area contributed by atoms with Crippen molar-refractivity contribution in [2.24, 2.45) is 12.5 Å². The van der Waals surface area contributed by atoms with E-state index < -0.39 is 0 Å². The van der Waals surface area contributed by atoms with Crippen molar-refractivity contribution in [1.29, 1.82) is 0 Å². The van der Waals surface area contributed by atoms with Gasteiger partial charge in [-0.3, -0.25) is 4.68 Å². The fourth-order valence-corrected chi connectivity index (χ4v) is 5.10. The lowest BCUT2D eigenvalue weighted by molar-refractivity contribution is 0.0905. The molecule has 2 aliphatic rings.